The van der Waals surface area contributed by atoms with Crippen LogP contribution >= 0.6 is 11.3 Å². The van der Waals surface area contributed by atoms with Gasteiger partial charge in [-0.1, -0.05) is 41.7 Å². The molecule has 2 heterocycles. The minimum atomic E-state index is -0.247. The molecule has 1 amide bonds. The van der Waals surface area contributed by atoms with Crippen LogP contribution in [0.3, 0.4) is 0 Å². The van der Waals surface area contributed by atoms with Crippen molar-refractivity contribution in [3.8, 4) is 11.5 Å². The molecule has 7 heteroatoms. The van der Waals surface area contributed by atoms with Crippen molar-refractivity contribution in [2.24, 2.45) is 0 Å². The third-order valence-corrected chi connectivity index (χ3v) is 4.73. The van der Waals surface area contributed by atoms with Gasteiger partial charge >= 0.3 is 0 Å². The number of nitrogens with one attached hydrogen (secondary N) is 1. The van der Waals surface area contributed by atoms with Gasteiger partial charge in [0.05, 0.1) is 13.2 Å². The van der Waals surface area contributed by atoms with Gasteiger partial charge in [0, 0.05) is 18.4 Å². The predicted octanol–water partition coefficient (Wildman–Crippen LogP) is 3.54. The first kappa shape index (κ1) is 16.5. The highest BCUT2D eigenvalue weighted by Gasteiger charge is 2.15. The Morgan fingerprint density at radius 3 is 2.69 bits per heavy atom. The number of carbonyl (C=O) groups excluding carboxylic acids is 1. The number of anilines is 1. The normalized spacial score (nSPS) is 13.1. The molecular formula is C19H17N3O3S. The lowest BCUT2D eigenvalue weighted by atomic mass is 10.2. The molecule has 0 aliphatic carbocycles. The fourth-order valence-corrected chi connectivity index (χ4v) is 3.39. The fourth-order valence-electron chi connectivity index (χ4n) is 2.62. The standard InChI is InChI=1S/C19H17N3O3S/c23-18(14-7-8-15-16(12-14)25-10-4-9-24-15)20-19-22-21-17(26-19)11-13-5-2-1-3-6-13/h1-3,5-8,12H,4,9-11H2,(H,20,22,23). The minimum Gasteiger partial charge on any atom is -0.490 e. The fraction of sp³-hybridized carbons (Fsp3) is 0.211. The molecule has 6 nitrogen and oxygen atoms in total. The Balaban J connectivity index is 1.44. The monoisotopic (exact) mass is 367 g/mol. The van der Waals surface area contributed by atoms with Gasteiger partial charge in [-0.2, -0.15) is 0 Å². The molecule has 1 aliphatic rings. The van der Waals surface area contributed by atoms with E-state index in [1.807, 2.05) is 30.3 Å². The second-order valence-electron chi connectivity index (χ2n) is 5.83. The number of hydrogen-bond donors (Lipinski definition) is 1. The SMILES string of the molecule is O=C(Nc1nnc(Cc2ccccc2)s1)c1ccc2c(c1)OCCCO2. The quantitative estimate of drug-likeness (QED) is 0.763. The van der Waals surface area contributed by atoms with Crippen molar-refractivity contribution in [1.29, 1.82) is 0 Å². The van der Waals surface area contributed by atoms with Gasteiger partial charge in [-0.3, -0.25) is 10.1 Å². The first-order valence-electron chi connectivity index (χ1n) is 8.35. The molecule has 0 unspecified atom stereocenters. The third kappa shape index (κ3) is 3.83. The highest BCUT2D eigenvalue weighted by atomic mass is 32.1. The number of aromatic nitrogens is 2. The van der Waals surface area contributed by atoms with Crippen LogP contribution in [-0.2, 0) is 6.42 Å². The molecule has 0 radical (unpaired) electrons. The van der Waals surface area contributed by atoms with E-state index in [2.05, 4.69) is 15.5 Å². The van der Waals surface area contributed by atoms with E-state index >= 15 is 0 Å². The Hall–Kier alpha value is -2.93. The third-order valence-electron chi connectivity index (χ3n) is 3.90. The Bertz CT molecular complexity index is 911. The van der Waals surface area contributed by atoms with Gasteiger partial charge in [-0.05, 0) is 23.8 Å². The average Bonchev–Trinajstić information content (AvgIpc) is 2.96. The molecule has 0 atom stereocenters. The van der Waals surface area contributed by atoms with Gasteiger partial charge in [-0.25, -0.2) is 0 Å². The number of ether oxygens (including phenoxy) is 2. The van der Waals surface area contributed by atoms with Crippen molar-refractivity contribution >= 4 is 22.4 Å². The molecule has 0 spiro atoms. The van der Waals surface area contributed by atoms with Crippen molar-refractivity contribution in [3.05, 3.63) is 64.7 Å². The number of fused-ring (bicyclic) bond motifs is 1. The second kappa shape index (κ2) is 7.53. The summed E-state index contributed by atoms with van der Waals surface area (Å²) in [7, 11) is 0. The molecule has 3 aromatic rings. The average molecular weight is 367 g/mol. The van der Waals surface area contributed by atoms with Crippen LogP contribution < -0.4 is 14.8 Å². The maximum absolute atomic E-state index is 12.5. The Morgan fingerprint density at radius 2 is 1.85 bits per heavy atom. The smallest absolute Gasteiger partial charge is 0.257 e. The summed E-state index contributed by atoms with van der Waals surface area (Å²) >= 11 is 1.37. The molecule has 0 bridgehead atoms. The van der Waals surface area contributed by atoms with Gasteiger partial charge < -0.3 is 9.47 Å². The number of amides is 1. The summed E-state index contributed by atoms with van der Waals surface area (Å²) in [5.41, 5.74) is 1.65. The Kier molecular flexibility index (Phi) is 4.79. The van der Waals surface area contributed by atoms with Gasteiger partial charge in [-0.15, -0.1) is 10.2 Å². The van der Waals surface area contributed by atoms with Gasteiger partial charge in [0.2, 0.25) is 5.13 Å². The number of nitrogens with zero attached hydrogens (tertiary/aromatic N) is 2. The van der Waals surface area contributed by atoms with E-state index in [0.29, 0.717) is 41.8 Å². The summed E-state index contributed by atoms with van der Waals surface area (Å²) in [6.07, 6.45) is 1.52. The molecule has 0 saturated heterocycles. The van der Waals surface area contributed by atoms with Crippen LogP contribution in [0.5, 0.6) is 11.5 Å². The summed E-state index contributed by atoms with van der Waals surface area (Å²) in [5, 5.41) is 12.3. The zero-order valence-electron chi connectivity index (χ0n) is 14.0. The molecule has 0 fully saturated rings. The zero-order chi connectivity index (χ0) is 17.8. The van der Waals surface area contributed by atoms with Crippen LogP contribution in [0, 0.1) is 0 Å². The van der Waals surface area contributed by atoms with E-state index in [-0.39, 0.29) is 5.91 Å². The molecule has 1 N–H and O–H groups in total. The summed E-state index contributed by atoms with van der Waals surface area (Å²) in [5.74, 6) is 1.01. The summed E-state index contributed by atoms with van der Waals surface area (Å²) < 4.78 is 11.2. The van der Waals surface area contributed by atoms with Crippen molar-refractivity contribution in [1.82, 2.24) is 10.2 Å². The van der Waals surface area contributed by atoms with Gasteiger partial charge in [0.25, 0.3) is 5.91 Å². The predicted molar refractivity (Wildman–Crippen MR) is 99.2 cm³/mol. The zero-order valence-corrected chi connectivity index (χ0v) is 14.8. The van der Waals surface area contributed by atoms with E-state index < -0.39 is 0 Å². The maximum atomic E-state index is 12.5. The molecule has 1 aliphatic heterocycles. The van der Waals surface area contributed by atoms with Crippen LogP contribution in [0.2, 0.25) is 0 Å². The minimum absolute atomic E-state index is 0.247. The van der Waals surface area contributed by atoms with Gasteiger partial charge in [0.1, 0.15) is 5.01 Å². The van der Waals surface area contributed by atoms with Crippen molar-refractivity contribution < 1.29 is 14.3 Å². The molecular weight excluding hydrogens is 350 g/mol. The van der Waals surface area contributed by atoms with E-state index in [9.17, 15) is 4.79 Å². The van der Waals surface area contributed by atoms with E-state index in [4.69, 9.17) is 9.47 Å². The summed E-state index contributed by atoms with van der Waals surface area (Å²) in [4.78, 5) is 12.5. The van der Waals surface area contributed by atoms with Crippen LogP contribution in [0.25, 0.3) is 0 Å². The summed E-state index contributed by atoms with van der Waals surface area (Å²) in [6, 6.07) is 15.2. The maximum Gasteiger partial charge on any atom is 0.257 e. The topological polar surface area (TPSA) is 73.3 Å². The molecule has 132 valence electrons. The van der Waals surface area contributed by atoms with Crippen molar-refractivity contribution in [2.45, 2.75) is 12.8 Å². The first-order chi connectivity index (χ1) is 12.8. The highest BCUT2D eigenvalue weighted by molar-refractivity contribution is 7.15. The van der Waals surface area contributed by atoms with E-state index in [1.165, 1.54) is 11.3 Å². The first-order valence-corrected chi connectivity index (χ1v) is 9.17. The van der Waals surface area contributed by atoms with Crippen molar-refractivity contribution in [2.75, 3.05) is 18.5 Å². The van der Waals surface area contributed by atoms with Crippen molar-refractivity contribution in [3.63, 3.8) is 0 Å². The number of rotatable bonds is 4. The second-order valence-corrected chi connectivity index (χ2v) is 6.89. The lowest BCUT2D eigenvalue weighted by Crippen LogP contribution is -2.12. The molecule has 4 rings (SSSR count). The van der Waals surface area contributed by atoms with Crippen LogP contribution in [0.15, 0.2) is 48.5 Å². The number of carbonyl (C=O) groups is 1. The van der Waals surface area contributed by atoms with Crippen LogP contribution in [0.4, 0.5) is 5.13 Å². The molecule has 2 aromatic carbocycles. The highest BCUT2D eigenvalue weighted by Crippen LogP contribution is 2.30. The largest absolute Gasteiger partial charge is 0.490 e. The van der Waals surface area contributed by atoms with E-state index in [1.54, 1.807) is 18.2 Å². The van der Waals surface area contributed by atoms with E-state index in [0.717, 1.165) is 17.0 Å². The van der Waals surface area contributed by atoms with Crippen LogP contribution in [-0.4, -0.2) is 29.3 Å². The van der Waals surface area contributed by atoms with Crippen LogP contribution in [0.1, 0.15) is 27.3 Å². The lowest BCUT2D eigenvalue weighted by Gasteiger charge is -2.08. The van der Waals surface area contributed by atoms with Gasteiger partial charge in [0.15, 0.2) is 11.5 Å². The molecule has 1 aromatic heterocycles. The molecule has 26 heavy (non-hydrogen) atoms. The Labute approximate surface area is 154 Å². The molecule has 0 saturated carbocycles. The Morgan fingerprint density at radius 1 is 1.04 bits per heavy atom. The lowest BCUT2D eigenvalue weighted by molar-refractivity contribution is 0.102. The summed E-state index contributed by atoms with van der Waals surface area (Å²) in [6.45, 7) is 1.20. The number of benzene rings is 2. The number of hydrogen-bond acceptors (Lipinski definition) is 6.